The molecule has 0 saturated heterocycles. The van der Waals surface area contributed by atoms with E-state index in [4.69, 9.17) is 0 Å². The Hall–Kier alpha value is -1.56. The average Bonchev–Trinajstić information content (AvgIpc) is 2.36. The molecular formula is C12H18N2O3S. The summed E-state index contributed by atoms with van der Waals surface area (Å²) in [6, 6.07) is 6.60. The van der Waals surface area contributed by atoms with Crippen LogP contribution in [0.15, 0.2) is 29.2 Å². The van der Waals surface area contributed by atoms with Crippen molar-refractivity contribution < 1.29 is 13.2 Å². The highest BCUT2D eigenvalue weighted by Gasteiger charge is 2.16. The van der Waals surface area contributed by atoms with Crippen LogP contribution in [0, 0.1) is 0 Å². The normalized spacial score (nSPS) is 11.1. The summed E-state index contributed by atoms with van der Waals surface area (Å²) >= 11 is 0. The van der Waals surface area contributed by atoms with Crippen molar-refractivity contribution in [2.45, 2.75) is 11.8 Å². The van der Waals surface area contributed by atoms with Crippen molar-refractivity contribution >= 4 is 21.4 Å². The summed E-state index contributed by atoms with van der Waals surface area (Å²) in [5.74, 6) is -0.0773. The first-order valence-electron chi connectivity index (χ1n) is 5.64. The lowest BCUT2D eigenvalue weighted by molar-refractivity contribution is -0.126. The zero-order chi connectivity index (χ0) is 13.8. The fraction of sp³-hybridized carbons (Fsp3) is 0.417. The van der Waals surface area contributed by atoms with Crippen LogP contribution >= 0.6 is 0 Å². The van der Waals surface area contributed by atoms with Crippen LogP contribution in [0.25, 0.3) is 0 Å². The lowest BCUT2D eigenvalue weighted by atomic mass is 10.3. The first-order chi connectivity index (χ1) is 8.38. The maximum absolute atomic E-state index is 11.9. The van der Waals surface area contributed by atoms with Gasteiger partial charge in [0.25, 0.3) is 0 Å². The van der Waals surface area contributed by atoms with Gasteiger partial charge in [-0.2, -0.15) is 0 Å². The van der Waals surface area contributed by atoms with Gasteiger partial charge in [0.2, 0.25) is 5.91 Å². The van der Waals surface area contributed by atoms with Gasteiger partial charge in [0.15, 0.2) is 9.84 Å². The molecule has 1 aromatic rings. The third-order valence-corrected chi connectivity index (χ3v) is 4.32. The molecule has 0 atom stereocenters. The van der Waals surface area contributed by atoms with Crippen LogP contribution < -0.4 is 5.32 Å². The summed E-state index contributed by atoms with van der Waals surface area (Å²) in [6.45, 7) is 1.67. The molecule has 0 saturated carbocycles. The molecule has 1 aromatic carbocycles. The van der Waals surface area contributed by atoms with E-state index in [2.05, 4.69) is 5.32 Å². The molecule has 1 amide bonds. The fourth-order valence-corrected chi connectivity index (χ4v) is 2.44. The Morgan fingerprint density at radius 3 is 2.44 bits per heavy atom. The summed E-state index contributed by atoms with van der Waals surface area (Å²) in [6.07, 6.45) is 0. The van der Waals surface area contributed by atoms with Crippen LogP contribution in [-0.2, 0) is 14.6 Å². The number of nitrogens with one attached hydrogen (secondary N) is 1. The molecule has 5 nitrogen and oxygen atoms in total. The number of likely N-dealkylation sites (N-methyl/N-ethyl adjacent to an activating group) is 1. The van der Waals surface area contributed by atoms with Gasteiger partial charge in [-0.15, -0.1) is 0 Å². The number of anilines is 1. The third-order valence-electron chi connectivity index (χ3n) is 2.53. The topological polar surface area (TPSA) is 66.5 Å². The minimum absolute atomic E-state index is 0.0350. The SMILES string of the molecule is CCS(=O)(=O)c1ccccc1NCC(=O)N(C)C. The second-order valence-corrected chi connectivity index (χ2v) is 6.29. The van der Waals surface area contributed by atoms with Crippen molar-refractivity contribution in [3.05, 3.63) is 24.3 Å². The highest BCUT2D eigenvalue weighted by Crippen LogP contribution is 2.21. The molecule has 0 spiro atoms. The van der Waals surface area contributed by atoms with Crippen molar-refractivity contribution in [1.29, 1.82) is 0 Å². The highest BCUT2D eigenvalue weighted by molar-refractivity contribution is 7.91. The lowest BCUT2D eigenvalue weighted by Crippen LogP contribution is -2.29. The number of rotatable bonds is 5. The molecule has 0 radical (unpaired) electrons. The second kappa shape index (κ2) is 5.86. The minimum Gasteiger partial charge on any atom is -0.375 e. The molecule has 1 N–H and O–H groups in total. The van der Waals surface area contributed by atoms with Gasteiger partial charge >= 0.3 is 0 Å². The number of sulfone groups is 1. The van der Waals surface area contributed by atoms with Gasteiger partial charge in [0.1, 0.15) is 0 Å². The van der Waals surface area contributed by atoms with Crippen molar-refractivity contribution in [2.24, 2.45) is 0 Å². The third kappa shape index (κ3) is 3.46. The molecule has 0 heterocycles. The molecule has 100 valence electrons. The predicted octanol–water partition coefficient (Wildman–Crippen LogP) is 0.980. The summed E-state index contributed by atoms with van der Waals surface area (Å²) in [5, 5.41) is 2.86. The van der Waals surface area contributed by atoms with Crippen LogP contribution in [-0.4, -0.2) is 45.6 Å². The maximum Gasteiger partial charge on any atom is 0.241 e. The summed E-state index contributed by atoms with van der Waals surface area (Å²) < 4.78 is 23.7. The standard InChI is InChI=1S/C12H18N2O3S/c1-4-18(16,17)11-8-6-5-7-10(11)13-9-12(15)14(2)3/h5-8,13H,4,9H2,1-3H3. The molecule has 1 rings (SSSR count). The van der Waals surface area contributed by atoms with E-state index in [-0.39, 0.29) is 23.1 Å². The Kier molecular flexibility index (Phi) is 4.72. The van der Waals surface area contributed by atoms with Gasteiger partial charge in [-0.1, -0.05) is 19.1 Å². The molecule has 0 fully saturated rings. The smallest absolute Gasteiger partial charge is 0.241 e. The number of benzene rings is 1. The molecule has 0 unspecified atom stereocenters. The van der Waals surface area contributed by atoms with Crippen LogP contribution in [0.5, 0.6) is 0 Å². The van der Waals surface area contributed by atoms with Crippen molar-refractivity contribution in [3.63, 3.8) is 0 Å². The van der Waals surface area contributed by atoms with Crippen molar-refractivity contribution in [1.82, 2.24) is 4.90 Å². The maximum atomic E-state index is 11.9. The predicted molar refractivity (Wildman–Crippen MR) is 71.4 cm³/mol. The van der Waals surface area contributed by atoms with E-state index >= 15 is 0 Å². The quantitative estimate of drug-likeness (QED) is 0.866. The first kappa shape index (κ1) is 14.5. The van der Waals surface area contributed by atoms with Crippen LogP contribution in [0.1, 0.15) is 6.92 Å². The summed E-state index contributed by atoms with van der Waals surface area (Å²) in [4.78, 5) is 13.1. The fourth-order valence-electron chi connectivity index (χ4n) is 1.37. The van der Waals surface area contributed by atoms with E-state index in [1.165, 1.54) is 4.90 Å². The Morgan fingerprint density at radius 2 is 1.89 bits per heavy atom. The van der Waals surface area contributed by atoms with E-state index < -0.39 is 9.84 Å². The first-order valence-corrected chi connectivity index (χ1v) is 7.29. The van der Waals surface area contributed by atoms with E-state index in [1.807, 2.05) is 0 Å². The van der Waals surface area contributed by atoms with Crippen LogP contribution in [0.2, 0.25) is 0 Å². The van der Waals surface area contributed by atoms with Gasteiger partial charge in [0.05, 0.1) is 22.9 Å². The molecule has 0 aliphatic heterocycles. The van der Waals surface area contributed by atoms with Gasteiger partial charge < -0.3 is 10.2 Å². The molecule has 0 aliphatic carbocycles. The molecular weight excluding hydrogens is 252 g/mol. The molecule has 0 aromatic heterocycles. The summed E-state index contributed by atoms with van der Waals surface area (Å²) in [5.41, 5.74) is 0.467. The number of carbonyl (C=O) groups is 1. The highest BCUT2D eigenvalue weighted by atomic mass is 32.2. The zero-order valence-corrected chi connectivity index (χ0v) is 11.6. The number of amides is 1. The summed E-state index contributed by atoms with van der Waals surface area (Å²) in [7, 11) is 0.0186. The zero-order valence-electron chi connectivity index (χ0n) is 10.8. The van der Waals surface area contributed by atoms with Gasteiger partial charge in [-0.05, 0) is 12.1 Å². The molecule has 6 heteroatoms. The van der Waals surface area contributed by atoms with E-state index in [0.717, 1.165) is 0 Å². The Bertz CT molecular complexity index is 524. The monoisotopic (exact) mass is 270 g/mol. The Morgan fingerprint density at radius 1 is 1.28 bits per heavy atom. The van der Waals surface area contributed by atoms with E-state index in [0.29, 0.717) is 5.69 Å². The Balaban J connectivity index is 2.94. The van der Waals surface area contributed by atoms with Gasteiger partial charge in [-0.25, -0.2) is 8.42 Å². The number of hydrogen-bond donors (Lipinski definition) is 1. The average molecular weight is 270 g/mol. The number of hydrogen-bond acceptors (Lipinski definition) is 4. The lowest BCUT2D eigenvalue weighted by Gasteiger charge is -2.14. The van der Waals surface area contributed by atoms with Gasteiger partial charge in [0, 0.05) is 14.1 Å². The molecule has 0 aliphatic rings. The van der Waals surface area contributed by atoms with Crippen LogP contribution in [0.3, 0.4) is 0 Å². The van der Waals surface area contributed by atoms with Crippen molar-refractivity contribution in [3.8, 4) is 0 Å². The van der Waals surface area contributed by atoms with Crippen molar-refractivity contribution in [2.75, 3.05) is 31.7 Å². The van der Waals surface area contributed by atoms with Crippen LogP contribution in [0.4, 0.5) is 5.69 Å². The number of para-hydroxylation sites is 1. The van der Waals surface area contributed by atoms with E-state index in [9.17, 15) is 13.2 Å². The number of nitrogens with zero attached hydrogens (tertiary/aromatic N) is 1. The van der Waals surface area contributed by atoms with Gasteiger partial charge in [-0.3, -0.25) is 4.79 Å². The minimum atomic E-state index is -3.28. The molecule has 0 bridgehead atoms. The second-order valence-electron chi connectivity index (χ2n) is 4.04. The largest absolute Gasteiger partial charge is 0.375 e. The number of carbonyl (C=O) groups excluding carboxylic acids is 1. The van der Waals surface area contributed by atoms with E-state index in [1.54, 1.807) is 45.3 Å². The Labute approximate surface area is 108 Å². The molecule has 18 heavy (non-hydrogen) atoms.